The zero-order chi connectivity index (χ0) is 90.9. The van der Waals surface area contributed by atoms with Gasteiger partial charge in [-0.15, -0.1) is 0 Å². The maximum atomic E-state index is 13.7. The minimum absolute atomic E-state index is 0.0205. The molecule has 119 heavy (non-hydrogen) atoms. The highest BCUT2D eigenvalue weighted by atomic mass is 16.7. The molecule has 37 nitrogen and oxygen atoms in total. The van der Waals surface area contributed by atoms with Crippen molar-refractivity contribution < 1.29 is 143 Å². The monoisotopic (exact) mass is 1700 g/mol. The summed E-state index contributed by atoms with van der Waals surface area (Å²) in [6.07, 6.45) is -6.98. The first-order chi connectivity index (χ1) is 54.7. The third kappa shape index (κ3) is 44.2. The summed E-state index contributed by atoms with van der Waals surface area (Å²) in [6.45, 7) is 36.4. The SMILES string of the molecule is CC(=O)NC(C(CC(C)COC(C)=O)OC(C)(C)CCC(C)(C)NC(=O)CCOCC(N)(COCCC(=O)NC(C)(C)CCC(C)(C)OC1CC(COC(C)=O)C(OC(C)=O)C(OC(C)=O)C1NC(C)=O)COCCC(=O)NC(C)(C)CCC(C)(C)OC1CC(COC(C)=O)C(OC(C)=O)C(OC(C)=O)C1NC(C)=O)C(OC(C)=O)OC(C)=O. The van der Waals surface area contributed by atoms with Gasteiger partial charge in [-0.2, -0.15) is 0 Å². The molecule has 37 heteroatoms. The summed E-state index contributed by atoms with van der Waals surface area (Å²) < 4.78 is 87.8. The second-order valence-corrected chi connectivity index (χ2v) is 35.1. The molecule has 0 radical (unpaired) electrons. The minimum Gasteiger partial charge on any atom is -0.466 e. The minimum atomic E-state index is -1.60. The van der Waals surface area contributed by atoms with Gasteiger partial charge < -0.3 is 109 Å². The number of rotatable bonds is 52. The molecule has 0 aliphatic heterocycles. The Labute approximate surface area is 700 Å². The van der Waals surface area contributed by atoms with Crippen molar-refractivity contribution in [2.75, 3.05) is 59.5 Å². The van der Waals surface area contributed by atoms with E-state index in [9.17, 15) is 71.9 Å². The Morgan fingerprint density at radius 1 is 0.395 bits per heavy atom. The number of ether oxygens (including phenoxy) is 15. The lowest BCUT2D eigenvalue weighted by Gasteiger charge is -2.47. The van der Waals surface area contributed by atoms with Crippen molar-refractivity contribution in [3.8, 4) is 0 Å². The number of hydrogen-bond donors (Lipinski definition) is 7. The lowest BCUT2D eigenvalue weighted by molar-refractivity contribution is -0.205. The van der Waals surface area contributed by atoms with Crippen LogP contribution in [0.4, 0.5) is 0 Å². The molecule has 2 saturated carbocycles. The highest BCUT2D eigenvalue weighted by Gasteiger charge is 2.54. The molecule has 2 fully saturated rings. The molecule has 6 amide bonds. The van der Waals surface area contributed by atoms with Crippen LogP contribution in [-0.4, -0.2) is 255 Å². The fourth-order valence-corrected chi connectivity index (χ4v) is 14.0. The van der Waals surface area contributed by atoms with E-state index in [2.05, 4.69) is 31.9 Å². The van der Waals surface area contributed by atoms with E-state index in [1.54, 1.807) is 20.8 Å². The fourth-order valence-electron chi connectivity index (χ4n) is 14.0. The average molecular weight is 1700 g/mol. The van der Waals surface area contributed by atoms with Gasteiger partial charge in [-0.05, 0) is 147 Å². The van der Waals surface area contributed by atoms with Gasteiger partial charge in [-0.3, -0.25) is 71.9 Å². The Hall–Kier alpha value is -8.23. The number of nitrogens with two attached hydrogens (primary N) is 1. The van der Waals surface area contributed by atoms with E-state index in [1.807, 2.05) is 69.2 Å². The molecule has 682 valence electrons. The van der Waals surface area contributed by atoms with E-state index in [0.717, 1.165) is 13.8 Å². The molecule has 0 spiro atoms. The van der Waals surface area contributed by atoms with E-state index in [4.69, 9.17) is 76.8 Å². The van der Waals surface area contributed by atoms with Crippen molar-refractivity contribution in [3.63, 3.8) is 0 Å². The molecule has 0 saturated heterocycles. The molecule has 2 aliphatic carbocycles. The van der Waals surface area contributed by atoms with Crippen LogP contribution < -0.4 is 37.6 Å². The van der Waals surface area contributed by atoms with Crippen molar-refractivity contribution in [1.82, 2.24) is 31.9 Å². The van der Waals surface area contributed by atoms with Gasteiger partial charge in [0, 0.05) is 131 Å². The summed E-state index contributed by atoms with van der Waals surface area (Å²) in [5.74, 6) is -10.6. The Morgan fingerprint density at radius 3 is 1.01 bits per heavy atom. The number of carbonyl (C=O) groups excluding carboxylic acids is 15. The number of hydrogen-bond acceptors (Lipinski definition) is 31. The van der Waals surface area contributed by atoms with Crippen molar-refractivity contribution in [2.24, 2.45) is 23.5 Å². The first kappa shape index (κ1) is 107. The van der Waals surface area contributed by atoms with E-state index in [0.29, 0.717) is 38.5 Å². The van der Waals surface area contributed by atoms with Gasteiger partial charge >= 0.3 is 53.7 Å². The number of nitrogens with one attached hydrogen (secondary N) is 6. The molecule has 13 atom stereocenters. The maximum Gasteiger partial charge on any atom is 0.305 e. The van der Waals surface area contributed by atoms with Crippen molar-refractivity contribution >= 4 is 89.2 Å². The normalized spacial score (nSPS) is 21.0. The molecule has 0 aromatic rings. The summed E-state index contributed by atoms with van der Waals surface area (Å²) >= 11 is 0. The molecule has 0 aromatic carbocycles. The van der Waals surface area contributed by atoms with E-state index >= 15 is 0 Å². The van der Waals surface area contributed by atoms with Gasteiger partial charge in [0.15, 0.2) is 12.2 Å². The Bertz CT molecular complexity index is 3240. The molecule has 13 unspecified atom stereocenters. The van der Waals surface area contributed by atoms with Crippen LogP contribution in [0.3, 0.4) is 0 Å². The summed E-state index contributed by atoms with van der Waals surface area (Å²) in [4.78, 5) is 189. The van der Waals surface area contributed by atoms with Crippen molar-refractivity contribution in [3.05, 3.63) is 0 Å². The Balaban J connectivity index is 2.36. The lowest BCUT2D eigenvalue weighted by Crippen LogP contribution is -2.64. The molecule has 0 heterocycles. The number of amides is 6. The molecule has 8 N–H and O–H groups in total. The first-order valence-corrected chi connectivity index (χ1v) is 40.5. The third-order valence-electron chi connectivity index (χ3n) is 19.4. The quantitative estimate of drug-likeness (QED) is 0.0185. The predicted molar refractivity (Wildman–Crippen MR) is 427 cm³/mol. The molecule has 2 aliphatic rings. The zero-order valence-corrected chi connectivity index (χ0v) is 74.8. The molecular weight excluding hydrogens is 1560 g/mol. The summed E-state index contributed by atoms with van der Waals surface area (Å²) in [5.41, 5.74) is 0.0893. The Kier molecular flexibility index (Phi) is 44.0. The fraction of sp³-hybridized carbons (Fsp3) is 0.817. The zero-order valence-electron chi connectivity index (χ0n) is 74.8. The molecule has 0 bridgehead atoms. The van der Waals surface area contributed by atoms with Gasteiger partial charge in [0.1, 0.15) is 18.2 Å². The van der Waals surface area contributed by atoms with Crippen LogP contribution in [0.25, 0.3) is 0 Å². The average Bonchev–Trinajstić information content (AvgIpc) is 0.784. The second kappa shape index (κ2) is 49.0. The van der Waals surface area contributed by atoms with Gasteiger partial charge in [0.2, 0.25) is 35.4 Å². The highest BCUT2D eigenvalue weighted by molar-refractivity contribution is 5.78. The van der Waals surface area contributed by atoms with Crippen LogP contribution in [-0.2, 0) is 143 Å². The second-order valence-electron chi connectivity index (χ2n) is 35.1. The van der Waals surface area contributed by atoms with Crippen LogP contribution in [0.1, 0.15) is 250 Å². The molecular formula is C82H139N7O30. The summed E-state index contributed by atoms with van der Waals surface area (Å²) in [5, 5.41) is 17.5. The topological polar surface area (TPSA) is 493 Å². The third-order valence-corrected chi connectivity index (χ3v) is 19.4. The standard InChI is InChI=1S/C82H139N7O30/c1-47(41-108-51(5)93)38-62(70(86-50(4)92)75(115-58(12)100)116-59(13)101)117-79(20,21)32-29-76(14,15)87-65(102)26-35-105-44-82(83,45-106-36-27-66(103)88-77(16,17)30-33-80(22,23)118-63-39-60(42-109-52(6)94)71(111-54(8)96)73(113-56(10)98)68(63)84-48(2)90)46-107-37-28-67(104)89-78(18,19)31-34-81(24,25)119-64-40-61(43-110-53(7)95)72(112-55(9)97)74(114-57(11)99)69(64)85-49(3)91/h47,60-64,68-75H,26-46,83H2,1-25H3,(H,84,90)(H,85,91)(H,86,92)(H,87,102)(H,88,103)(H,89,104). The van der Waals surface area contributed by atoms with Crippen LogP contribution in [0.2, 0.25) is 0 Å². The van der Waals surface area contributed by atoms with E-state index in [-0.39, 0.29) is 122 Å². The van der Waals surface area contributed by atoms with Crippen LogP contribution >= 0.6 is 0 Å². The van der Waals surface area contributed by atoms with E-state index in [1.165, 1.54) is 69.2 Å². The number of esters is 9. The van der Waals surface area contributed by atoms with Crippen molar-refractivity contribution in [2.45, 2.75) is 356 Å². The van der Waals surface area contributed by atoms with Gasteiger partial charge in [-0.25, -0.2) is 0 Å². The van der Waals surface area contributed by atoms with Crippen LogP contribution in [0.5, 0.6) is 0 Å². The summed E-state index contributed by atoms with van der Waals surface area (Å²) in [7, 11) is 0. The van der Waals surface area contributed by atoms with E-state index < -0.39 is 189 Å². The predicted octanol–water partition coefficient (Wildman–Crippen LogP) is 4.87. The van der Waals surface area contributed by atoms with Crippen molar-refractivity contribution in [1.29, 1.82) is 0 Å². The largest absolute Gasteiger partial charge is 0.466 e. The first-order valence-electron chi connectivity index (χ1n) is 40.5. The summed E-state index contributed by atoms with van der Waals surface area (Å²) in [6, 6.07) is -3.21. The van der Waals surface area contributed by atoms with Crippen LogP contribution in [0.15, 0.2) is 0 Å². The maximum absolute atomic E-state index is 13.7. The molecule has 0 aromatic heterocycles. The Morgan fingerprint density at radius 2 is 0.714 bits per heavy atom. The van der Waals surface area contributed by atoms with Gasteiger partial charge in [0.25, 0.3) is 6.29 Å². The van der Waals surface area contributed by atoms with Gasteiger partial charge in [-0.1, -0.05) is 6.92 Å². The number of carbonyl (C=O) groups is 15. The smallest absolute Gasteiger partial charge is 0.305 e. The van der Waals surface area contributed by atoms with Crippen LogP contribution in [0, 0.1) is 17.8 Å². The highest BCUT2D eigenvalue weighted by Crippen LogP contribution is 2.39. The lowest BCUT2D eigenvalue weighted by atomic mass is 9.78. The van der Waals surface area contributed by atoms with Gasteiger partial charge in [0.05, 0.1) is 112 Å². The molecule has 2 rings (SSSR count).